The van der Waals surface area contributed by atoms with Gasteiger partial charge in [-0.05, 0) is 23.5 Å². The van der Waals surface area contributed by atoms with Crippen LogP contribution in [0.5, 0.6) is 0 Å². The highest BCUT2D eigenvalue weighted by molar-refractivity contribution is 5.98. The summed E-state index contributed by atoms with van der Waals surface area (Å²) in [5.74, 6) is 0.0384. The summed E-state index contributed by atoms with van der Waals surface area (Å²) in [4.78, 5) is 42.8. The van der Waals surface area contributed by atoms with Crippen molar-refractivity contribution in [1.82, 2.24) is 15.1 Å². The predicted molar refractivity (Wildman–Crippen MR) is 123 cm³/mol. The predicted octanol–water partition coefficient (Wildman–Crippen LogP) is 3.05. The van der Waals surface area contributed by atoms with Gasteiger partial charge in [0, 0.05) is 44.5 Å². The summed E-state index contributed by atoms with van der Waals surface area (Å²) in [6, 6.07) is 8.34. The van der Waals surface area contributed by atoms with Gasteiger partial charge in [-0.2, -0.15) is 0 Å². The fraction of sp³-hybridized carbons (Fsp3) is 0.640. The standard InChI is InChI=1S/C25H37N3O4/c1-18(2)16-26-22(30)20-17-32-25(28(20)23(31)19-9-7-6-8-10-19)11-13-27(14-12-25)21(29)15-24(3,4)5/h6-10,18,20H,11-17H2,1-5H3,(H,26,30)/t20-/m1/s1. The van der Waals surface area contributed by atoms with Crippen LogP contribution in [0.25, 0.3) is 0 Å². The third kappa shape index (κ3) is 5.49. The Kier molecular flexibility index (Phi) is 7.28. The number of carbonyl (C=O) groups excluding carboxylic acids is 3. The SMILES string of the molecule is CC(C)CNC(=O)[C@H]1COC2(CCN(C(=O)CC(C)(C)C)CC2)N1C(=O)c1ccccc1. The fourth-order valence-corrected chi connectivity index (χ4v) is 4.38. The van der Waals surface area contributed by atoms with E-state index < -0.39 is 11.8 Å². The molecule has 2 aliphatic heterocycles. The molecular weight excluding hydrogens is 406 g/mol. The molecule has 7 nitrogen and oxygen atoms in total. The number of piperidine rings is 1. The van der Waals surface area contributed by atoms with Gasteiger partial charge in [-0.15, -0.1) is 0 Å². The van der Waals surface area contributed by atoms with Gasteiger partial charge < -0.3 is 15.0 Å². The molecule has 176 valence electrons. The third-order valence-corrected chi connectivity index (χ3v) is 6.07. The molecule has 7 heteroatoms. The van der Waals surface area contributed by atoms with Crippen molar-refractivity contribution in [1.29, 1.82) is 0 Å². The second kappa shape index (κ2) is 9.61. The Morgan fingerprint density at radius 2 is 1.75 bits per heavy atom. The Bertz CT molecular complexity index is 823. The molecule has 2 aliphatic rings. The van der Waals surface area contributed by atoms with Gasteiger partial charge in [0.2, 0.25) is 11.8 Å². The molecule has 0 bridgehead atoms. The molecule has 3 rings (SSSR count). The van der Waals surface area contributed by atoms with Gasteiger partial charge in [0.1, 0.15) is 11.8 Å². The molecule has 0 radical (unpaired) electrons. The number of hydrogen-bond acceptors (Lipinski definition) is 4. The summed E-state index contributed by atoms with van der Waals surface area (Å²) in [6.45, 7) is 11.9. The van der Waals surface area contributed by atoms with Crippen LogP contribution in [0.4, 0.5) is 0 Å². The highest BCUT2D eigenvalue weighted by Gasteiger charge is 2.54. The van der Waals surface area contributed by atoms with Crippen molar-refractivity contribution in [3.05, 3.63) is 35.9 Å². The van der Waals surface area contributed by atoms with E-state index in [2.05, 4.69) is 26.1 Å². The lowest BCUT2D eigenvalue weighted by molar-refractivity contribution is -0.145. The number of likely N-dealkylation sites (tertiary alicyclic amines) is 1. The van der Waals surface area contributed by atoms with Crippen LogP contribution in [0.1, 0.15) is 64.2 Å². The quantitative estimate of drug-likeness (QED) is 0.759. The van der Waals surface area contributed by atoms with E-state index in [4.69, 9.17) is 4.74 Å². The number of nitrogens with zero attached hydrogens (tertiary/aromatic N) is 2. The number of benzene rings is 1. The van der Waals surface area contributed by atoms with E-state index in [-0.39, 0.29) is 29.7 Å². The van der Waals surface area contributed by atoms with Gasteiger partial charge in [-0.25, -0.2) is 0 Å². The van der Waals surface area contributed by atoms with Crippen LogP contribution in [-0.4, -0.2) is 65.5 Å². The minimum atomic E-state index is -0.870. The molecule has 1 spiro atoms. The molecule has 2 fully saturated rings. The molecule has 1 atom stereocenters. The van der Waals surface area contributed by atoms with Crippen LogP contribution in [0, 0.1) is 11.3 Å². The van der Waals surface area contributed by atoms with Crippen LogP contribution in [0.3, 0.4) is 0 Å². The van der Waals surface area contributed by atoms with Crippen molar-refractivity contribution in [2.75, 3.05) is 26.2 Å². The number of nitrogens with one attached hydrogen (secondary N) is 1. The average Bonchev–Trinajstić information content (AvgIpc) is 3.10. The molecular formula is C25H37N3O4. The van der Waals surface area contributed by atoms with Crippen molar-refractivity contribution >= 4 is 17.7 Å². The summed E-state index contributed by atoms with van der Waals surface area (Å²) in [5, 5.41) is 2.96. The Morgan fingerprint density at radius 1 is 1.12 bits per heavy atom. The molecule has 2 saturated heterocycles. The van der Waals surface area contributed by atoms with E-state index in [9.17, 15) is 14.4 Å². The topological polar surface area (TPSA) is 79.0 Å². The molecule has 0 saturated carbocycles. The second-order valence-corrected chi connectivity index (χ2v) is 10.6. The highest BCUT2D eigenvalue weighted by atomic mass is 16.5. The summed E-state index contributed by atoms with van der Waals surface area (Å²) >= 11 is 0. The Labute approximate surface area is 191 Å². The van der Waals surface area contributed by atoms with Gasteiger partial charge in [-0.3, -0.25) is 19.3 Å². The van der Waals surface area contributed by atoms with Gasteiger partial charge in [0.05, 0.1) is 6.61 Å². The maximum atomic E-state index is 13.6. The molecule has 0 aliphatic carbocycles. The summed E-state index contributed by atoms with van der Waals surface area (Å²) in [7, 11) is 0. The van der Waals surface area contributed by atoms with Crippen molar-refractivity contribution in [3.8, 4) is 0 Å². The van der Waals surface area contributed by atoms with Gasteiger partial charge in [-0.1, -0.05) is 52.8 Å². The molecule has 1 aromatic rings. The van der Waals surface area contributed by atoms with E-state index in [0.29, 0.717) is 50.4 Å². The fourth-order valence-electron chi connectivity index (χ4n) is 4.38. The largest absolute Gasteiger partial charge is 0.354 e. The number of amides is 3. The average molecular weight is 444 g/mol. The Balaban J connectivity index is 1.81. The first-order chi connectivity index (χ1) is 15.0. The molecule has 1 aromatic carbocycles. The lowest BCUT2D eigenvalue weighted by Gasteiger charge is -2.44. The number of ether oxygens (including phenoxy) is 1. The smallest absolute Gasteiger partial charge is 0.256 e. The minimum Gasteiger partial charge on any atom is -0.354 e. The maximum absolute atomic E-state index is 13.6. The summed E-state index contributed by atoms with van der Waals surface area (Å²) in [6.07, 6.45) is 1.47. The van der Waals surface area contributed by atoms with Crippen LogP contribution < -0.4 is 5.32 Å². The van der Waals surface area contributed by atoms with Crippen molar-refractivity contribution in [2.45, 2.75) is 65.6 Å². The summed E-state index contributed by atoms with van der Waals surface area (Å²) in [5.41, 5.74) is -0.415. The Hall–Kier alpha value is -2.41. The lowest BCUT2D eigenvalue weighted by Crippen LogP contribution is -2.60. The molecule has 3 amide bonds. The zero-order chi connectivity index (χ0) is 23.5. The zero-order valence-electron chi connectivity index (χ0n) is 20.0. The number of rotatable bonds is 5. The maximum Gasteiger partial charge on any atom is 0.256 e. The summed E-state index contributed by atoms with van der Waals surface area (Å²) < 4.78 is 6.21. The second-order valence-electron chi connectivity index (χ2n) is 10.6. The van der Waals surface area contributed by atoms with Gasteiger partial charge in [0.15, 0.2) is 0 Å². The van der Waals surface area contributed by atoms with Crippen molar-refractivity contribution < 1.29 is 19.1 Å². The molecule has 32 heavy (non-hydrogen) atoms. The minimum absolute atomic E-state index is 0.0784. The lowest BCUT2D eigenvalue weighted by atomic mass is 9.90. The van der Waals surface area contributed by atoms with E-state index in [0.717, 1.165) is 0 Å². The first-order valence-corrected chi connectivity index (χ1v) is 11.6. The molecule has 2 heterocycles. The zero-order valence-corrected chi connectivity index (χ0v) is 20.0. The first kappa shape index (κ1) is 24.2. The number of hydrogen-bond donors (Lipinski definition) is 1. The molecule has 1 N–H and O–H groups in total. The molecule has 0 unspecified atom stereocenters. The normalized spacial score (nSPS) is 20.6. The molecule has 0 aromatic heterocycles. The van der Waals surface area contributed by atoms with Crippen LogP contribution in [-0.2, 0) is 14.3 Å². The van der Waals surface area contributed by atoms with Crippen LogP contribution in [0.2, 0.25) is 0 Å². The van der Waals surface area contributed by atoms with E-state index in [1.165, 1.54) is 0 Å². The van der Waals surface area contributed by atoms with Gasteiger partial charge in [0.25, 0.3) is 5.91 Å². The van der Waals surface area contributed by atoms with Gasteiger partial charge >= 0.3 is 0 Å². The van der Waals surface area contributed by atoms with E-state index in [1.54, 1.807) is 17.0 Å². The van der Waals surface area contributed by atoms with Crippen molar-refractivity contribution in [2.24, 2.45) is 11.3 Å². The monoisotopic (exact) mass is 443 g/mol. The highest BCUT2D eigenvalue weighted by Crippen LogP contribution is 2.39. The first-order valence-electron chi connectivity index (χ1n) is 11.6. The van der Waals surface area contributed by atoms with E-state index in [1.807, 2.05) is 36.9 Å². The number of carbonyl (C=O) groups is 3. The van der Waals surface area contributed by atoms with Crippen molar-refractivity contribution in [3.63, 3.8) is 0 Å². The third-order valence-electron chi connectivity index (χ3n) is 6.07. The van der Waals surface area contributed by atoms with E-state index >= 15 is 0 Å². The van der Waals surface area contributed by atoms with Crippen LogP contribution >= 0.6 is 0 Å². The van der Waals surface area contributed by atoms with Crippen LogP contribution in [0.15, 0.2) is 30.3 Å². The Morgan fingerprint density at radius 3 is 2.31 bits per heavy atom.